The summed E-state index contributed by atoms with van der Waals surface area (Å²) in [4.78, 5) is 17.5. The Labute approximate surface area is 148 Å². The molecule has 0 atom stereocenters. The topological polar surface area (TPSA) is 51.2 Å². The maximum Gasteiger partial charge on any atom is 0.236 e. The summed E-state index contributed by atoms with van der Waals surface area (Å²) in [7, 11) is 1.60. The molecule has 128 valence electrons. The Morgan fingerprint density at radius 1 is 1.24 bits per heavy atom. The molecule has 0 radical (unpaired) electrons. The minimum absolute atomic E-state index is 0.0802. The minimum Gasteiger partial charge on any atom is -0.494 e. The molecule has 1 aliphatic rings. The van der Waals surface area contributed by atoms with Gasteiger partial charge in [0.15, 0.2) is 5.13 Å². The number of hydrogen-bond acceptors (Lipinski definition) is 4. The molecule has 4 rings (SSSR count). The summed E-state index contributed by atoms with van der Waals surface area (Å²) in [5, 5.41) is 3.51. The van der Waals surface area contributed by atoms with Gasteiger partial charge in [-0.2, -0.15) is 0 Å². The number of nitrogens with zero attached hydrogens (tertiary/aromatic N) is 1. The molecule has 4 nitrogen and oxygen atoms in total. The highest BCUT2D eigenvalue weighted by Gasteiger charge is 2.45. The van der Waals surface area contributed by atoms with Crippen molar-refractivity contribution >= 4 is 32.6 Å². The Kier molecular flexibility index (Phi) is 3.92. The van der Waals surface area contributed by atoms with Crippen LogP contribution in [0.2, 0.25) is 0 Å². The van der Waals surface area contributed by atoms with Gasteiger partial charge in [0.2, 0.25) is 5.91 Å². The third-order valence-corrected chi connectivity index (χ3v) is 5.80. The number of benzene rings is 2. The van der Waals surface area contributed by atoms with Crippen LogP contribution in [-0.4, -0.2) is 18.0 Å². The SMILES string of the molecule is COc1cccc2sc(NC(=O)C3(c4ccc(F)cc4)CCC3)nc12. The molecule has 0 bridgehead atoms. The summed E-state index contributed by atoms with van der Waals surface area (Å²) in [5.41, 5.74) is 1.02. The third-order valence-electron chi connectivity index (χ3n) is 4.86. The highest BCUT2D eigenvalue weighted by molar-refractivity contribution is 7.22. The van der Waals surface area contributed by atoms with E-state index in [1.54, 1.807) is 19.2 Å². The number of thiazole rings is 1. The lowest BCUT2D eigenvalue weighted by Crippen LogP contribution is -2.46. The molecule has 1 amide bonds. The van der Waals surface area contributed by atoms with Crippen LogP contribution in [-0.2, 0) is 10.2 Å². The quantitative estimate of drug-likeness (QED) is 0.748. The molecule has 1 aromatic heterocycles. The molecule has 25 heavy (non-hydrogen) atoms. The van der Waals surface area contributed by atoms with Gasteiger partial charge >= 0.3 is 0 Å². The fraction of sp³-hybridized carbons (Fsp3) is 0.263. The molecule has 0 spiro atoms. The molecular weight excluding hydrogens is 339 g/mol. The van der Waals surface area contributed by atoms with Gasteiger partial charge in [-0.1, -0.05) is 36.0 Å². The minimum atomic E-state index is -0.588. The first-order chi connectivity index (χ1) is 12.1. The van der Waals surface area contributed by atoms with Gasteiger partial charge in [-0.25, -0.2) is 9.37 Å². The lowest BCUT2D eigenvalue weighted by Gasteiger charge is -2.40. The highest BCUT2D eigenvalue weighted by Crippen LogP contribution is 2.45. The van der Waals surface area contributed by atoms with Crippen LogP contribution < -0.4 is 10.1 Å². The van der Waals surface area contributed by atoms with E-state index >= 15 is 0 Å². The molecule has 1 saturated carbocycles. The van der Waals surface area contributed by atoms with E-state index in [4.69, 9.17) is 4.74 Å². The van der Waals surface area contributed by atoms with Crippen molar-refractivity contribution in [3.63, 3.8) is 0 Å². The van der Waals surface area contributed by atoms with Gasteiger partial charge in [0.1, 0.15) is 17.1 Å². The summed E-state index contributed by atoms with van der Waals surface area (Å²) in [6.07, 6.45) is 2.51. The van der Waals surface area contributed by atoms with E-state index in [0.29, 0.717) is 10.9 Å². The van der Waals surface area contributed by atoms with Crippen molar-refractivity contribution in [2.45, 2.75) is 24.7 Å². The van der Waals surface area contributed by atoms with Gasteiger partial charge in [0.05, 0.1) is 17.2 Å². The van der Waals surface area contributed by atoms with Gasteiger partial charge in [-0.15, -0.1) is 0 Å². The van der Waals surface area contributed by atoms with E-state index in [1.807, 2.05) is 18.2 Å². The number of ether oxygens (including phenoxy) is 1. The first-order valence-electron chi connectivity index (χ1n) is 8.13. The largest absolute Gasteiger partial charge is 0.494 e. The number of hydrogen-bond donors (Lipinski definition) is 1. The predicted octanol–water partition coefficient (Wildman–Crippen LogP) is 4.50. The number of halogens is 1. The van der Waals surface area contributed by atoms with E-state index < -0.39 is 5.41 Å². The number of para-hydroxylation sites is 1. The maximum atomic E-state index is 13.2. The Morgan fingerprint density at radius 3 is 2.64 bits per heavy atom. The normalized spacial score (nSPS) is 15.6. The number of anilines is 1. The summed E-state index contributed by atoms with van der Waals surface area (Å²) in [6, 6.07) is 11.9. The lowest BCUT2D eigenvalue weighted by atomic mass is 9.64. The Bertz CT molecular complexity index is 932. The van der Waals surface area contributed by atoms with Crippen molar-refractivity contribution in [3.8, 4) is 5.75 Å². The summed E-state index contributed by atoms with van der Waals surface area (Å²) in [5.74, 6) is 0.312. The molecule has 0 unspecified atom stereocenters. The number of aromatic nitrogens is 1. The Morgan fingerprint density at radius 2 is 2.00 bits per heavy atom. The van der Waals surface area contributed by atoms with Gasteiger partial charge < -0.3 is 10.1 Å². The van der Waals surface area contributed by atoms with Gasteiger partial charge in [-0.05, 0) is 42.7 Å². The fourth-order valence-corrected chi connectivity index (χ4v) is 4.18. The standard InChI is InChI=1S/C19H17FN2O2S/c1-24-14-4-2-5-15-16(14)21-18(25-15)22-17(23)19(10-3-11-19)12-6-8-13(20)9-7-12/h2,4-9H,3,10-11H2,1H3,(H,21,22,23). The fourth-order valence-electron chi connectivity index (χ4n) is 3.30. The first-order valence-corrected chi connectivity index (χ1v) is 8.95. The number of rotatable bonds is 4. The van der Waals surface area contributed by atoms with Crippen LogP contribution in [0.15, 0.2) is 42.5 Å². The second-order valence-corrected chi connectivity index (χ2v) is 7.25. The van der Waals surface area contributed by atoms with Gasteiger partial charge in [0, 0.05) is 0 Å². The molecule has 0 saturated heterocycles. The molecule has 3 aromatic rings. The molecular formula is C19H17FN2O2S. The second kappa shape index (κ2) is 6.11. The van der Waals surface area contributed by atoms with E-state index in [-0.39, 0.29) is 11.7 Å². The van der Waals surface area contributed by atoms with Crippen LogP contribution in [0.5, 0.6) is 5.75 Å². The van der Waals surface area contributed by atoms with Crippen LogP contribution in [0.25, 0.3) is 10.2 Å². The van der Waals surface area contributed by atoms with Crippen molar-refractivity contribution in [1.82, 2.24) is 4.98 Å². The molecule has 0 aliphatic heterocycles. The van der Waals surface area contributed by atoms with Crippen LogP contribution in [0.3, 0.4) is 0 Å². The number of amides is 1. The number of carbonyl (C=O) groups excluding carboxylic acids is 1. The maximum absolute atomic E-state index is 13.2. The predicted molar refractivity (Wildman–Crippen MR) is 96.7 cm³/mol. The monoisotopic (exact) mass is 356 g/mol. The Hall–Kier alpha value is -2.47. The molecule has 1 aliphatic carbocycles. The van der Waals surface area contributed by atoms with Gasteiger partial charge in [0.25, 0.3) is 0 Å². The van der Waals surface area contributed by atoms with Crippen molar-refractivity contribution in [1.29, 1.82) is 0 Å². The first kappa shape index (κ1) is 16.0. The van der Waals surface area contributed by atoms with Crippen molar-refractivity contribution in [2.75, 3.05) is 12.4 Å². The van der Waals surface area contributed by atoms with Gasteiger partial charge in [-0.3, -0.25) is 4.79 Å². The van der Waals surface area contributed by atoms with E-state index in [1.165, 1.54) is 23.5 Å². The van der Waals surface area contributed by atoms with E-state index in [0.717, 1.165) is 35.0 Å². The second-order valence-electron chi connectivity index (χ2n) is 6.22. The zero-order chi connectivity index (χ0) is 17.4. The summed E-state index contributed by atoms with van der Waals surface area (Å²) < 4.78 is 19.5. The molecule has 1 N–H and O–H groups in total. The smallest absolute Gasteiger partial charge is 0.236 e. The van der Waals surface area contributed by atoms with E-state index in [2.05, 4.69) is 10.3 Å². The average molecular weight is 356 g/mol. The lowest BCUT2D eigenvalue weighted by molar-refractivity contribution is -0.124. The number of carbonyl (C=O) groups is 1. The van der Waals surface area contributed by atoms with Crippen molar-refractivity contribution in [2.24, 2.45) is 0 Å². The third kappa shape index (κ3) is 2.66. The molecule has 1 fully saturated rings. The molecule has 2 aromatic carbocycles. The Balaban J connectivity index is 1.63. The van der Waals surface area contributed by atoms with Crippen LogP contribution in [0.4, 0.5) is 9.52 Å². The summed E-state index contributed by atoms with van der Waals surface area (Å²) >= 11 is 1.42. The number of methoxy groups -OCH3 is 1. The van der Waals surface area contributed by atoms with Crippen LogP contribution in [0, 0.1) is 5.82 Å². The zero-order valence-electron chi connectivity index (χ0n) is 13.7. The number of nitrogens with one attached hydrogen (secondary N) is 1. The van der Waals surface area contributed by atoms with Crippen LogP contribution >= 0.6 is 11.3 Å². The molecule has 1 heterocycles. The van der Waals surface area contributed by atoms with Crippen molar-refractivity contribution < 1.29 is 13.9 Å². The molecule has 6 heteroatoms. The highest BCUT2D eigenvalue weighted by atomic mass is 32.1. The summed E-state index contributed by atoms with van der Waals surface area (Å²) in [6.45, 7) is 0. The van der Waals surface area contributed by atoms with Crippen molar-refractivity contribution in [3.05, 3.63) is 53.8 Å². The average Bonchev–Trinajstić information content (AvgIpc) is 2.97. The zero-order valence-corrected chi connectivity index (χ0v) is 14.5. The van der Waals surface area contributed by atoms with Crippen LogP contribution in [0.1, 0.15) is 24.8 Å². The van der Waals surface area contributed by atoms with E-state index in [9.17, 15) is 9.18 Å². The number of fused-ring (bicyclic) bond motifs is 1.